The van der Waals surface area contributed by atoms with Gasteiger partial charge < -0.3 is 14.4 Å². The minimum atomic E-state index is -2.87. The van der Waals surface area contributed by atoms with E-state index in [2.05, 4.69) is 15.0 Å². The summed E-state index contributed by atoms with van der Waals surface area (Å²) in [6.07, 6.45) is 3.76. The number of hydrogen-bond acceptors (Lipinski definition) is 6. The number of carbonyl (C=O) groups is 3. The van der Waals surface area contributed by atoms with Crippen LogP contribution in [-0.4, -0.2) is 65.4 Å². The number of hydrogen-bond donors (Lipinski definition) is 1. The number of halogens is 3. The Morgan fingerprint density at radius 1 is 1.00 bits per heavy atom. The van der Waals surface area contributed by atoms with E-state index < -0.39 is 30.3 Å². The summed E-state index contributed by atoms with van der Waals surface area (Å²) in [6.45, 7) is -1.44. The van der Waals surface area contributed by atoms with Crippen LogP contribution in [0.4, 0.5) is 13.2 Å². The zero-order chi connectivity index (χ0) is 28.0. The highest BCUT2D eigenvalue weighted by Crippen LogP contribution is 2.38. The fraction of sp³-hybridized carbons (Fsp3) is 0.483. The van der Waals surface area contributed by atoms with Crippen LogP contribution in [-0.2, 0) is 16.1 Å². The second-order valence-electron chi connectivity index (χ2n) is 10.9. The molecule has 3 heterocycles. The van der Waals surface area contributed by atoms with Crippen molar-refractivity contribution in [1.82, 2.24) is 15.1 Å². The number of alkyl halides is 2. The summed E-state index contributed by atoms with van der Waals surface area (Å²) in [5.41, 5.74) is 1.35. The van der Waals surface area contributed by atoms with E-state index in [0.717, 1.165) is 44.3 Å². The molecular weight excluding hydrogens is 527 g/mol. The van der Waals surface area contributed by atoms with Gasteiger partial charge in [-0.3, -0.25) is 24.6 Å². The van der Waals surface area contributed by atoms with Crippen LogP contribution in [0.25, 0.3) is 0 Å². The molecule has 3 aliphatic heterocycles. The van der Waals surface area contributed by atoms with Crippen molar-refractivity contribution < 1.29 is 37.0 Å². The number of fused-ring (bicyclic) bond motifs is 1. The molecule has 11 heteroatoms. The first-order valence-corrected chi connectivity index (χ1v) is 13.7. The summed E-state index contributed by atoms with van der Waals surface area (Å²) in [5, 5.41) is 2.25. The first-order valence-electron chi connectivity index (χ1n) is 13.7. The molecule has 1 unspecified atom stereocenters. The smallest absolute Gasteiger partial charge is 0.387 e. The van der Waals surface area contributed by atoms with Gasteiger partial charge >= 0.3 is 6.61 Å². The highest BCUT2D eigenvalue weighted by molar-refractivity contribution is 6.05. The summed E-state index contributed by atoms with van der Waals surface area (Å²) in [6, 6.07) is 9.10. The maximum Gasteiger partial charge on any atom is 0.387 e. The van der Waals surface area contributed by atoms with E-state index in [-0.39, 0.29) is 66.0 Å². The van der Waals surface area contributed by atoms with Gasteiger partial charge in [0.25, 0.3) is 5.91 Å². The molecule has 0 radical (unpaired) electrons. The number of nitrogens with one attached hydrogen (secondary N) is 1. The molecule has 1 N–H and O–H groups in total. The van der Waals surface area contributed by atoms with E-state index in [9.17, 15) is 23.2 Å². The normalized spacial score (nSPS) is 25.6. The molecule has 3 atom stereocenters. The van der Waals surface area contributed by atoms with Gasteiger partial charge in [-0.05, 0) is 55.5 Å². The van der Waals surface area contributed by atoms with Gasteiger partial charge in [0.15, 0.2) is 11.6 Å². The third kappa shape index (κ3) is 5.02. The fourth-order valence-electron chi connectivity index (χ4n) is 6.41. The number of ether oxygens (including phenoxy) is 2. The van der Waals surface area contributed by atoms with Gasteiger partial charge in [0, 0.05) is 42.6 Å². The Hall–Kier alpha value is -3.60. The van der Waals surface area contributed by atoms with Crippen molar-refractivity contribution in [2.45, 2.75) is 75.8 Å². The highest BCUT2D eigenvalue weighted by Gasteiger charge is 2.42. The summed E-state index contributed by atoms with van der Waals surface area (Å²) in [4.78, 5) is 40.5. The Bertz CT molecular complexity index is 1330. The van der Waals surface area contributed by atoms with Crippen LogP contribution in [0, 0.1) is 5.82 Å². The van der Waals surface area contributed by atoms with Crippen LogP contribution in [0.5, 0.6) is 11.5 Å². The molecule has 3 amide bonds. The highest BCUT2D eigenvalue weighted by atomic mass is 19.3. The minimum absolute atomic E-state index is 0.0558. The second kappa shape index (κ2) is 10.8. The Morgan fingerprint density at radius 3 is 2.58 bits per heavy atom. The minimum Gasteiger partial charge on any atom is -0.486 e. The lowest BCUT2D eigenvalue weighted by Gasteiger charge is -2.48. The number of amides is 3. The van der Waals surface area contributed by atoms with Gasteiger partial charge in [-0.2, -0.15) is 8.78 Å². The molecular formula is C29H30F3N3O5. The Balaban J connectivity index is 1.13. The number of nitrogens with zero attached hydrogens (tertiary/aromatic N) is 2. The molecule has 0 bridgehead atoms. The molecule has 1 saturated carbocycles. The van der Waals surface area contributed by atoms with Crippen LogP contribution >= 0.6 is 0 Å². The van der Waals surface area contributed by atoms with Crippen LogP contribution < -0.4 is 14.8 Å². The van der Waals surface area contributed by atoms with Crippen molar-refractivity contribution in [3.8, 4) is 11.5 Å². The summed E-state index contributed by atoms with van der Waals surface area (Å²) in [7, 11) is 0. The Kier molecular flexibility index (Phi) is 7.16. The Labute approximate surface area is 229 Å². The SMILES string of the molecule is O=C1CCC(N2Cc3c(ccc(O[C@H]4CCCC[C@@H]4N4CC(c5cccc(OC(F)F)c5)C4)c3F)C2=O)C(=O)N1. The topological polar surface area (TPSA) is 88.2 Å². The van der Waals surface area contributed by atoms with Crippen LogP contribution in [0.15, 0.2) is 36.4 Å². The number of benzene rings is 2. The molecule has 6 rings (SSSR count). The third-order valence-corrected chi connectivity index (χ3v) is 8.49. The first kappa shape index (κ1) is 26.6. The molecule has 4 aliphatic rings. The lowest BCUT2D eigenvalue weighted by atomic mass is 9.84. The van der Waals surface area contributed by atoms with Gasteiger partial charge in [0.1, 0.15) is 17.9 Å². The van der Waals surface area contributed by atoms with E-state index in [0.29, 0.717) is 0 Å². The molecule has 2 aromatic carbocycles. The average molecular weight is 558 g/mol. The fourth-order valence-corrected chi connectivity index (χ4v) is 6.41. The molecule has 1 aliphatic carbocycles. The lowest BCUT2D eigenvalue weighted by Crippen LogP contribution is -2.57. The summed E-state index contributed by atoms with van der Waals surface area (Å²) < 4.78 is 51.7. The number of imide groups is 1. The van der Waals surface area contributed by atoms with E-state index in [1.807, 2.05) is 6.07 Å². The van der Waals surface area contributed by atoms with E-state index >= 15 is 4.39 Å². The number of likely N-dealkylation sites (tertiary alicyclic amines) is 1. The van der Waals surface area contributed by atoms with Gasteiger partial charge in [-0.15, -0.1) is 0 Å². The quantitative estimate of drug-likeness (QED) is 0.519. The van der Waals surface area contributed by atoms with Crippen molar-refractivity contribution in [3.05, 3.63) is 58.9 Å². The average Bonchev–Trinajstić information content (AvgIpc) is 3.22. The molecule has 2 saturated heterocycles. The molecule has 8 nitrogen and oxygen atoms in total. The van der Waals surface area contributed by atoms with Gasteiger partial charge in [0.2, 0.25) is 11.8 Å². The lowest BCUT2D eigenvalue weighted by molar-refractivity contribution is -0.136. The molecule has 3 fully saturated rings. The molecule has 0 spiro atoms. The molecule has 2 aromatic rings. The van der Waals surface area contributed by atoms with Crippen molar-refractivity contribution in [3.63, 3.8) is 0 Å². The standard InChI is InChI=1S/C29H30F3N3O5/c30-26-20-15-35(22-9-11-25(36)33-27(22)37)28(38)19(20)8-10-24(26)40-23-7-2-1-6-21(23)34-13-17(14-34)16-4-3-5-18(12-16)39-29(31)32/h3-5,8,10,12,17,21-23,29H,1-2,6-7,9,11,13-15H2,(H,33,36,37)/t21-,22?,23-/m0/s1. The third-order valence-electron chi connectivity index (χ3n) is 8.49. The molecule has 40 heavy (non-hydrogen) atoms. The van der Waals surface area contributed by atoms with E-state index in [1.165, 1.54) is 17.0 Å². The summed E-state index contributed by atoms with van der Waals surface area (Å²) in [5.74, 6) is -1.53. The van der Waals surface area contributed by atoms with Gasteiger partial charge in [0.05, 0.1) is 6.54 Å². The monoisotopic (exact) mass is 557 g/mol. The van der Waals surface area contributed by atoms with Gasteiger partial charge in [-0.1, -0.05) is 18.6 Å². The van der Waals surface area contributed by atoms with Crippen molar-refractivity contribution in [2.24, 2.45) is 0 Å². The van der Waals surface area contributed by atoms with Crippen LogP contribution in [0.1, 0.15) is 65.9 Å². The Morgan fingerprint density at radius 2 is 1.80 bits per heavy atom. The van der Waals surface area contributed by atoms with Crippen LogP contribution in [0.2, 0.25) is 0 Å². The number of carbonyl (C=O) groups excluding carboxylic acids is 3. The first-order chi connectivity index (χ1) is 19.3. The predicted molar refractivity (Wildman–Crippen MR) is 137 cm³/mol. The molecule has 212 valence electrons. The van der Waals surface area contributed by atoms with E-state index in [4.69, 9.17) is 4.74 Å². The maximum absolute atomic E-state index is 15.7. The maximum atomic E-state index is 15.7. The largest absolute Gasteiger partial charge is 0.486 e. The summed E-state index contributed by atoms with van der Waals surface area (Å²) >= 11 is 0. The van der Waals surface area contributed by atoms with Crippen molar-refractivity contribution >= 4 is 17.7 Å². The van der Waals surface area contributed by atoms with Crippen LogP contribution in [0.3, 0.4) is 0 Å². The molecule has 0 aromatic heterocycles. The van der Waals surface area contributed by atoms with Gasteiger partial charge in [-0.25, -0.2) is 4.39 Å². The number of piperidine rings is 1. The predicted octanol–water partition coefficient (Wildman–Crippen LogP) is 3.98. The van der Waals surface area contributed by atoms with Crippen molar-refractivity contribution in [1.29, 1.82) is 0 Å². The zero-order valence-electron chi connectivity index (χ0n) is 21.8. The number of rotatable bonds is 7. The van der Waals surface area contributed by atoms with E-state index in [1.54, 1.807) is 18.2 Å². The second-order valence-corrected chi connectivity index (χ2v) is 10.9. The zero-order valence-corrected chi connectivity index (χ0v) is 21.8. The van der Waals surface area contributed by atoms with Crippen molar-refractivity contribution in [2.75, 3.05) is 13.1 Å².